The average Bonchev–Trinajstić information content (AvgIpc) is 3.13. The molecule has 2 aromatic heterocycles. The number of hydrogen-bond acceptors (Lipinski definition) is 4. The summed E-state index contributed by atoms with van der Waals surface area (Å²) in [5.41, 5.74) is 2.25. The number of anilines is 1. The fraction of sp³-hybridized carbons (Fsp3) is 0.364. The summed E-state index contributed by atoms with van der Waals surface area (Å²) in [5.74, 6) is 0.244. The lowest BCUT2D eigenvalue weighted by molar-refractivity contribution is -0.119. The van der Waals surface area contributed by atoms with Gasteiger partial charge in [0.2, 0.25) is 5.91 Å². The van der Waals surface area contributed by atoms with Crippen LogP contribution in [0, 0.1) is 0 Å². The molecule has 0 bridgehead atoms. The number of aromatic nitrogens is 1. The Bertz CT molecular complexity index is 901. The predicted octanol–water partition coefficient (Wildman–Crippen LogP) is 5.23. The summed E-state index contributed by atoms with van der Waals surface area (Å²) in [7, 11) is 0. The molecule has 0 saturated carbocycles. The monoisotopic (exact) mass is 379 g/mol. The summed E-state index contributed by atoms with van der Waals surface area (Å²) in [5, 5.41) is 4.94. The normalized spacial score (nSPS) is 17.3. The van der Waals surface area contributed by atoms with Crippen molar-refractivity contribution in [1.82, 2.24) is 10.3 Å². The van der Waals surface area contributed by atoms with Crippen molar-refractivity contribution in [1.29, 1.82) is 0 Å². The fourth-order valence-electron chi connectivity index (χ4n) is 3.69. The van der Waals surface area contributed by atoms with Crippen molar-refractivity contribution in [3.63, 3.8) is 0 Å². The highest BCUT2D eigenvalue weighted by Gasteiger charge is 2.20. The van der Waals surface area contributed by atoms with Gasteiger partial charge in [-0.15, -0.1) is 11.3 Å². The van der Waals surface area contributed by atoms with Crippen LogP contribution in [-0.2, 0) is 4.79 Å². The van der Waals surface area contributed by atoms with Crippen LogP contribution in [0.2, 0.25) is 0 Å². The van der Waals surface area contributed by atoms with Gasteiger partial charge in [0.25, 0.3) is 0 Å². The van der Waals surface area contributed by atoms with Gasteiger partial charge in [-0.2, -0.15) is 0 Å². The molecule has 0 radical (unpaired) electrons. The number of benzene rings is 1. The van der Waals surface area contributed by atoms with Crippen molar-refractivity contribution < 1.29 is 4.79 Å². The number of fused-ring (bicyclic) bond motifs is 1. The third-order valence-corrected chi connectivity index (χ3v) is 6.57. The van der Waals surface area contributed by atoms with E-state index in [0.29, 0.717) is 6.42 Å². The summed E-state index contributed by atoms with van der Waals surface area (Å²) in [4.78, 5) is 19.5. The average molecular weight is 380 g/mol. The van der Waals surface area contributed by atoms with E-state index in [2.05, 4.69) is 60.5 Å². The van der Waals surface area contributed by atoms with E-state index in [0.717, 1.165) is 25.1 Å². The van der Waals surface area contributed by atoms with E-state index in [1.165, 1.54) is 20.5 Å². The quantitative estimate of drug-likeness (QED) is 0.660. The highest BCUT2D eigenvalue weighted by molar-refractivity contribution is 7.19. The number of amides is 1. The maximum atomic E-state index is 12.1. The lowest BCUT2D eigenvalue weighted by Gasteiger charge is -2.27. The van der Waals surface area contributed by atoms with Crippen molar-refractivity contribution in [2.75, 3.05) is 11.4 Å². The van der Waals surface area contributed by atoms with Gasteiger partial charge in [0.05, 0.1) is 4.70 Å². The number of carbonyl (C=O) groups excluding carboxylic acids is 1. The zero-order chi connectivity index (χ0) is 18.8. The van der Waals surface area contributed by atoms with E-state index in [-0.39, 0.29) is 18.0 Å². The molecule has 1 fully saturated rings. The minimum Gasteiger partial charge on any atom is -0.312 e. The molecule has 4 nitrogen and oxygen atoms in total. The van der Waals surface area contributed by atoms with Gasteiger partial charge >= 0.3 is 0 Å². The van der Waals surface area contributed by atoms with Crippen LogP contribution in [0.3, 0.4) is 0 Å². The zero-order valence-electron chi connectivity index (χ0n) is 15.8. The number of nitrogens with one attached hydrogen (secondary N) is 1. The van der Waals surface area contributed by atoms with Gasteiger partial charge in [-0.1, -0.05) is 12.1 Å². The molecule has 0 aliphatic carbocycles. The first kappa shape index (κ1) is 18.1. The van der Waals surface area contributed by atoms with Crippen LogP contribution in [0.5, 0.6) is 0 Å². The molecular weight excluding hydrogens is 354 g/mol. The Morgan fingerprint density at radius 2 is 1.93 bits per heavy atom. The van der Waals surface area contributed by atoms with Crippen LogP contribution in [0.1, 0.15) is 55.6 Å². The zero-order valence-corrected chi connectivity index (χ0v) is 16.6. The van der Waals surface area contributed by atoms with Crippen LogP contribution < -0.4 is 10.2 Å². The number of thiophene rings is 1. The molecule has 1 aliphatic rings. The number of pyridine rings is 1. The van der Waals surface area contributed by atoms with Gasteiger partial charge in [-0.25, -0.2) is 0 Å². The van der Waals surface area contributed by atoms with Crippen molar-refractivity contribution >= 4 is 33.0 Å². The molecule has 2 unspecified atom stereocenters. The first-order chi connectivity index (χ1) is 13.1. The Morgan fingerprint density at radius 1 is 1.11 bits per heavy atom. The van der Waals surface area contributed by atoms with E-state index in [4.69, 9.17) is 0 Å². The van der Waals surface area contributed by atoms with Crippen molar-refractivity contribution in [3.8, 4) is 0 Å². The molecule has 140 valence electrons. The van der Waals surface area contributed by atoms with Crippen LogP contribution >= 0.6 is 11.3 Å². The molecule has 1 saturated heterocycles. The summed E-state index contributed by atoms with van der Waals surface area (Å²) < 4.78 is 1.23. The van der Waals surface area contributed by atoms with Gasteiger partial charge < -0.3 is 10.2 Å². The first-order valence-electron chi connectivity index (χ1n) is 9.61. The van der Waals surface area contributed by atoms with E-state index in [9.17, 15) is 4.79 Å². The Morgan fingerprint density at radius 3 is 2.67 bits per heavy atom. The maximum Gasteiger partial charge on any atom is 0.226 e. The molecule has 3 heterocycles. The van der Waals surface area contributed by atoms with E-state index in [1.54, 1.807) is 11.3 Å². The molecule has 5 heteroatoms. The van der Waals surface area contributed by atoms with E-state index >= 15 is 0 Å². The van der Waals surface area contributed by atoms with Crippen LogP contribution in [0.25, 0.3) is 10.1 Å². The van der Waals surface area contributed by atoms with Gasteiger partial charge in [-0.05, 0) is 61.9 Å². The molecular formula is C22H25N3OS. The molecule has 27 heavy (non-hydrogen) atoms. The molecule has 1 N–H and O–H groups in total. The van der Waals surface area contributed by atoms with Crippen molar-refractivity contribution in [3.05, 3.63) is 59.2 Å². The fourth-order valence-corrected chi connectivity index (χ4v) is 4.74. The van der Waals surface area contributed by atoms with Crippen LogP contribution in [-0.4, -0.2) is 17.4 Å². The molecule has 4 rings (SSSR count). The second-order valence-corrected chi connectivity index (χ2v) is 8.38. The number of hydrogen-bond donors (Lipinski definition) is 1. The SMILES string of the molecule is CC(NC(C)c1cc2ccncc2s1)c1ccc(N2CCCCC2=O)cc1. The summed E-state index contributed by atoms with van der Waals surface area (Å²) in [6.07, 6.45) is 6.55. The summed E-state index contributed by atoms with van der Waals surface area (Å²) >= 11 is 1.79. The minimum atomic E-state index is 0.231. The van der Waals surface area contributed by atoms with Gasteiger partial charge in [0.15, 0.2) is 0 Å². The minimum absolute atomic E-state index is 0.231. The smallest absolute Gasteiger partial charge is 0.226 e. The Labute approximate surface area is 164 Å². The molecule has 0 spiro atoms. The number of carbonyl (C=O) groups is 1. The van der Waals surface area contributed by atoms with Gasteiger partial charge in [-0.3, -0.25) is 9.78 Å². The molecule has 2 atom stereocenters. The Hall–Kier alpha value is -2.24. The van der Waals surface area contributed by atoms with Crippen LogP contribution in [0.15, 0.2) is 48.8 Å². The van der Waals surface area contributed by atoms with E-state index in [1.807, 2.05) is 17.3 Å². The predicted molar refractivity (Wildman–Crippen MR) is 112 cm³/mol. The van der Waals surface area contributed by atoms with Crippen molar-refractivity contribution in [2.45, 2.75) is 45.2 Å². The van der Waals surface area contributed by atoms with Gasteiger partial charge in [0, 0.05) is 48.0 Å². The third-order valence-electron chi connectivity index (χ3n) is 5.30. The topological polar surface area (TPSA) is 45.2 Å². The van der Waals surface area contributed by atoms with Gasteiger partial charge in [0.1, 0.15) is 0 Å². The molecule has 1 aliphatic heterocycles. The second kappa shape index (κ2) is 7.79. The van der Waals surface area contributed by atoms with E-state index < -0.39 is 0 Å². The lowest BCUT2D eigenvalue weighted by atomic mass is 10.0. The summed E-state index contributed by atoms with van der Waals surface area (Å²) in [6.45, 7) is 5.23. The first-order valence-corrected chi connectivity index (χ1v) is 10.4. The second-order valence-electron chi connectivity index (χ2n) is 7.27. The maximum absolute atomic E-state index is 12.1. The third kappa shape index (κ3) is 3.89. The number of nitrogens with zero attached hydrogens (tertiary/aromatic N) is 2. The molecule has 1 aromatic carbocycles. The number of rotatable bonds is 5. The number of piperidine rings is 1. The Kier molecular flexibility index (Phi) is 5.23. The standard InChI is InChI=1S/C22H25N3OS/c1-15(24-16(2)20-13-18-10-11-23-14-21(18)27-20)17-6-8-19(9-7-17)25-12-4-3-5-22(25)26/h6-11,13-16,24H,3-5,12H2,1-2H3. The highest BCUT2D eigenvalue weighted by atomic mass is 32.1. The molecule has 1 amide bonds. The largest absolute Gasteiger partial charge is 0.312 e. The molecule has 3 aromatic rings. The highest BCUT2D eigenvalue weighted by Crippen LogP contribution is 2.31. The lowest BCUT2D eigenvalue weighted by Crippen LogP contribution is -2.35. The Balaban J connectivity index is 1.44. The summed E-state index contributed by atoms with van der Waals surface area (Å²) in [6, 6.07) is 13.2. The van der Waals surface area contributed by atoms with Crippen molar-refractivity contribution in [2.24, 2.45) is 0 Å². The van der Waals surface area contributed by atoms with Crippen LogP contribution in [0.4, 0.5) is 5.69 Å².